The highest BCUT2D eigenvalue weighted by Gasteiger charge is 2.37. The van der Waals surface area contributed by atoms with Gasteiger partial charge < -0.3 is 59.1 Å². The van der Waals surface area contributed by atoms with E-state index >= 15 is 0 Å². The highest BCUT2D eigenvalue weighted by Crippen LogP contribution is 2.48. The molecule has 42 heteroatoms. The molecule has 102 heavy (non-hydrogen) atoms. The number of hydrogen-bond acceptors (Lipinski definition) is 26. The van der Waals surface area contributed by atoms with E-state index in [0.717, 1.165) is 0 Å². The summed E-state index contributed by atoms with van der Waals surface area (Å²) in [6, 6.07) is 0. The van der Waals surface area contributed by atoms with Crippen molar-refractivity contribution in [1.29, 1.82) is 0 Å². The lowest BCUT2D eigenvalue weighted by Gasteiger charge is -2.33. The van der Waals surface area contributed by atoms with Gasteiger partial charge in [-0.2, -0.15) is 0 Å². The first-order valence-electron chi connectivity index (χ1n) is 33.2. The highest BCUT2D eigenvalue weighted by atomic mass is 31.2. The highest BCUT2D eigenvalue weighted by molar-refractivity contribution is 7.49. The van der Waals surface area contributed by atoms with Crippen molar-refractivity contribution in [2.75, 3.05) is 132 Å². The molecule has 592 valence electrons. The third-order valence-electron chi connectivity index (χ3n) is 12.4. The Morgan fingerprint density at radius 3 is 0.873 bits per heavy atom. The minimum atomic E-state index is -4.56. The number of hydrogen-bond donors (Lipinski definition) is 9. The fraction of sp³-hybridized carbons (Fsp3) is 0.800. The second kappa shape index (κ2) is 62.3. The number of terminal acetylenes is 5. The second-order valence-corrected chi connectivity index (χ2v) is 31.6. The van der Waals surface area contributed by atoms with Gasteiger partial charge in [-0.1, -0.05) is 0 Å². The van der Waals surface area contributed by atoms with E-state index in [4.69, 9.17) is 110 Å². The second-order valence-electron chi connectivity index (χ2n) is 21.5. The lowest BCUT2D eigenvalue weighted by atomic mass is 10.1. The smallest absolute Gasteiger partial charge is 0.378 e. The molecule has 0 aromatic rings. The molecule has 0 radical (unpaired) electrons. The fourth-order valence-corrected chi connectivity index (χ4v) is 13.1. The van der Waals surface area contributed by atoms with Crippen molar-refractivity contribution in [2.45, 2.75) is 180 Å². The molecule has 0 saturated carbocycles. The van der Waals surface area contributed by atoms with Crippen molar-refractivity contribution >= 4 is 66.6 Å². The number of rotatable bonds is 70. The van der Waals surface area contributed by atoms with Crippen molar-refractivity contribution in [3.8, 4) is 61.7 Å². The van der Waals surface area contributed by atoms with Crippen molar-refractivity contribution in [2.24, 2.45) is 0 Å². The summed E-state index contributed by atoms with van der Waals surface area (Å²) in [5.41, 5.74) is -1.60. The molecule has 0 aromatic heterocycles. The van der Waals surface area contributed by atoms with Gasteiger partial charge in [-0.05, 0) is 123 Å². The Kier molecular flexibility index (Phi) is 62.0. The van der Waals surface area contributed by atoms with Crippen LogP contribution in [0.4, 0.5) is 0 Å². The summed E-state index contributed by atoms with van der Waals surface area (Å²) >= 11 is 0. The summed E-state index contributed by atoms with van der Waals surface area (Å²) in [7, 11) is -30.4. The normalized spacial score (nSPS) is 16.4. The first-order valence-corrected chi connectivity index (χ1v) is 43.7. The quantitative estimate of drug-likeness (QED) is 0.0155. The molecule has 2 amide bonds. The number of phosphoric acid groups is 7. The van der Waals surface area contributed by atoms with Gasteiger partial charge in [-0.25, -0.2) is 32.0 Å². The number of amides is 2. The van der Waals surface area contributed by atoms with Crippen LogP contribution in [0.1, 0.15) is 168 Å². The lowest BCUT2D eigenvalue weighted by molar-refractivity contribution is -0.157. The van der Waals surface area contributed by atoms with Gasteiger partial charge in [0.1, 0.15) is 11.7 Å². The van der Waals surface area contributed by atoms with Crippen LogP contribution >= 0.6 is 54.8 Å². The molecule has 7 unspecified atom stereocenters. The zero-order chi connectivity index (χ0) is 76.8. The Bertz CT molecular complexity index is 2680. The standard InChI is InChI=1S/C33H60O19P4.C27H49N2O14P3/c1-5-9-12-15-24-46-54(36,37)49-27-18-21-42-30-33(32-52-53(34,35)45-8-4,44-23-20-29-51-56(40,41)48-26-17-14-11-7-3)31-43-22-19-28-50-55(38,39)47-25-16-13-10-6-2;1-4-7-9-13-19-39-44(32,33)41-21-15-11-17-26(30)28-23-25(43-46(36,37)38-6-3)24-29-27(31)18-12-16-22-42-45(34,35)40-20-14-10-8-5-2/h1-3H,8-32H2,4H3,(H,34,35)(H,36,37)(H,38,39)(H,40,41);1-2,25H,6-24H2,3H3,(H,28,30)(H,29,31)(H,32,33)(H,34,35)(H,36,37). The average molecular weight is 1600 g/mol. The molecule has 0 saturated heterocycles. The molecule has 0 heterocycles. The first-order chi connectivity index (χ1) is 48.3. The minimum Gasteiger partial charge on any atom is -0.378 e. The Balaban J connectivity index is 0. The van der Waals surface area contributed by atoms with Crippen LogP contribution < -0.4 is 10.6 Å². The van der Waals surface area contributed by atoms with Gasteiger partial charge in [0.15, 0.2) is 0 Å². The maximum absolute atomic E-state index is 12.5. The van der Waals surface area contributed by atoms with Crippen LogP contribution in [0.2, 0.25) is 0 Å². The van der Waals surface area contributed by atoms with Crippen molar-refractivity contribution in [3.63, 3.8) is 0 Å². The summed E-state index contributed by atoms with van der Waals surface area (Å²) in [4.78, 5) is 93.6. The summed E-state index contributed by atoms with van der Waals surface area (Å²) in [5.74, 6) is 11.4. The van der Waals surface area contributed by atoms with E-state index in [1.807, 2.05) is 0 Å². The molecule has 35 nitrogen and oxygen atoms in total. The molecule has 0 rings (SSSR count). The molecular formula is C60H109N2O33P7. The molecule has 0 aliphatic carbocycles. The van der Waals surface area contributed by atoms with Gasteiger partial charge in [-0.3, -0.25) is 72.9 Å². The van der Waals surface area contributed by atoms with Crippen LogP contribution in [0.25, 0.3) is 0 Å². The summed E-state index contributed by atoms with van der Waals surface area (Å²) in [5, 5.41) is 5.09. The van der Waals surface area contributed by atoms with Gasteiger partial charge in [-0.15, -0.1) is 61.7 Å². The maximum Gasteiger partial charge on any atom is 0.472 e. The third kappa shape index (κ3) is 65.7. The van der Waals surface area contributed by atoms with Crippen LogP contribution in [0.5, 0.6) is 0 Å². The predicted molar refractivity (Wildman–Crippen MR) is 374 cm³/mol. The number of carbonyl (C=O) groups is 2. The lowest BCUT2D eigenvalue weighted by Crippen LogP contribution is -2.47. The minimum absolute atomic E-state index is 0.0176. The molecule has 9 N–H and O–H groups in total. The SMILES string of the molecule is C#CCCCCOP(=O)(O)OCCCCC(=O)NCC(CNC(=O)CCCCOP(=O)(O)OCCCCC#C)OP(=O)(O)OCC.C#CCCCCOP(=O)(O)OCCCOCC(COCCCOP(=O)(O)OCCCCC#C)(COP(=O)(O)OCC)OCCCOP(=O)(O)OCCCCC#C. The monoisotopic (exact) mass is 1600 g/mol. The van der Waals surface area contributed by atoms with E-state index in [1.54, 1.807) is 0 Å². The van der Waals surface area contributed by atoms with Crippen molar-refractivity contribution in [3.05, 3.63) is 0 Å². The average Bonchev–Trinajstić information content (AvgIpc) is 0.854. The van der Waals surface area contributed by atoms with Crippen LogP contribution in [0.3, 0.4) is 0 Å². The van der Waals surface area contributed by atoms with E-state index < -0.39 is 84.9 Å². The van der Waals surface area contributed by atoms with Gasteiger partial charge in [0.2, 0.25) is 11.8 Å². The molecule has 0 aromatic carbocycles. The summed E-state index contributed by atoms with van der Waals surface area (Å²) < 4.78 is 171. The first kappa shape index (κ1) is 101. The zero-order valence-electron chi connectivity index (χ0n) is 58.5. The fourth-order valence-electron chi connectivity index (χ4n) is 7.40. The van der Waals surface area contributed by atoms with Crippen LogP contribution in [-0.4, -0.2) is 190 Å². The molecule has 0 fully saturated rings. The Morgan fingerprint density at radius 1 is 0.333 bits per heavy atom. The summed E-state index contributed by atoms with van der Waals surface area (Å²) in [6.45, 7) is -0.198. The molecule has 0 aliphatic rings. The number of unbranched alkanes of at least 4 members (excludes halogenated alkanes) is 12. The third-order valence-corrected chi connectivity index (χ3v) is 19.7. The molecule has 0 spiro atoms. The molecular weight excluding hydrogens is 1490 g/mol. The van der Waals surface area contributed by atoms with E-state index in [1.165, 1.54) is 13.8 Å². The predicted octanol–water partition coefficient (Wildman–Crippen LogP) is 9.87. The van der Waals surface area contributed by atoms with Crippen LogP contribution in [-0.2, 0) is 119 Å². The van der Waals surface area contributed by atoms with Crippen molar-refractivity contribution < 1.29 is 153 Å². The summed E-state index contributed by atoms with van der Waals surface area (Å²) in [6.07, 6.45) is 34.4. The largest absolute Gasteiger partial charge is 0.472 e. The van der Waals surface area contributed by atoms with Gasteiger partial charge in [0.25, 0.3) is 0 Å². The molecule has 0 bridgehead atoms. The number of carbonyl (C=O) groups excluding carboxylic acids is 2. The molecule has 7 atom stereocenters. The Labute approximate surface area is 601 Å². The van der Waals surface area contributed by atoms with Gasteiger partial charge in [0.05, 0.1) is 99.1 Å². The number of nitrogens with one attached hydrogen (secondary N) is 2. The zero-order valence-corrected chi connectivity index (χ0v) is 64.7. The van der Waals surface area contributed by atoms with Crippen molar-refractivity contribution in [1.82, 2.24) is 10.6 Å². The number of phosphoric ester groups is 7. The van der Waals surface area contributed by atoms with Crippen LogP contribution in [0, 0.1) is 61.7 Å². The van der Waals surface area contributed by atoms with Crippen LogP contribution in [0.15, 0.2) is 0 Å². The topological polar surface area (TPSA) is 476 Å². The maximum atomic E-state index is 12.5. The van der Waals surface area contributed by atoms with E-state index in [2.05, 4.69) is 40.2 Å². The van der Waals surface area contributed by atoms with E-state index in [-0.39, 0.29) is 170 Å². The Morgan fingerprint density at radius 2 is 0.588 bits per heavy atom. The number of ether oxygens (including phenoxy) is 3. The molecule has 0 aliphatic heterocycles. The van der Waals surface area contributed by atoms with E-state index in [9.17, 15) is 75.8 Å². The van der Waals surface area contributed by atoms with E-state index in [0.29, 0.717) is 109 Å². The van der Waals surface area contributed by atoms with Gasteiger partial charge in [0, 0.05) is 77.9 Å². The van der Waals surface area contributed by atoms with Gasteiger partial charge >= 0.3 is 54.8 Å². The Hall–Kier alpha value is -2.61.